The van der Waals surface area contributed by atoms with Gasteiger partial charge in [-0.1, -0.05) is 39.4 Å². The molecule has 1 aromatic heterocycles. The predicted molar refractivity (Wildman–Crippen MR) is 145 cm³/mol. The van der Waals surface area contributed by atoms with Crippen LogP contribution < -0.4 is 24.4 Å². The number of carbonyl (C=O) groups excluding carboxylic acids is 1. The summed E-state index contributed by atoms with van der Waals surface area (Å²) in [5.41, 5.74) is 1.20. The van der Waals surface area contributed by atoms with Gasteiger partial charge >= 0.3 is 5.97 Å². The molecule has 0 fully saturated rings. The maximum Gasteiger partial charge on any atom is 0.338 e. The quantitative estimate of drug-likeness (QED) is 0.218. The van der Waals surface area contributed by atoms with Crippen LogP contribution in [0.1, 0.15) is 37.9 Å². The fourth-order valence-corrected chi connectivity index (χ4v) is 5.74. The van der Waals surface area contributed by atoms with E-state index in [9.17, 15) is 19.7 Å². The molecule has 0 spiro atoms. The van der Waals surface area contributed by atoms with E-state index >= 15 is 0 Å². The Morgan fingerprint density at radius 3 is 2.66 bits per heavy atom. The van der Waals surface area contributed by atoms with E-state index in [1.807, 2.05) is 6.92 Å². The van der Waals surface area contributed by atoms with Gasteiger partial charge in [0, 0.05) is 16.6 Å². The molecule has 0 unspecified atom stereocenters. The number of nitrogens with zero attached hydrogens (tertiary/aromatic N) is 3. The summed E-state index contributed by atoms with van der Waals surface area (Å²) in [6.07, 6.45) is 1.57. The molecule has 0 amide bonds. The van der Waals surface area contributed by atoms with Crippen molar-refractivity contribution in [1.82, 2.24) is 4.57 Å². The Morgan fingerprint density at radius 1 is 1.24 bits per heavy atom. The average Bonchev–Trinajstić information content (AvgIpc) is 3.18. The molecule has 1 aliphatic heterocycles. The Balaban J connectivity index is 1.99. The van der Waals surface area contributed by atoms with Gasteiger partial charge in [-0.2, -0.15) is 0 Å². The van der Waals surface area contributed by atoms with Crippen molar-refractivity contribution in [3.05, 3.63) is 93.1 Å². The lowest BCUT2D eigenvalue weighted by Gasteiger charge is -2.26. The number of methoxy groups -OCH3 is 1. The molecule has 2 aromatic carbocycles. The molecule has 198 valence electrons. The van der Waals surface area contributed by atoms with Gasteiger partial charge in [0.1, 0.15) is 0 Å². The maximum absolute atomic E-state index is 13.8. The molecule has 38 heavy (non-hydrogen) atoms. The number of nitro groups is 1. The number of aromatic nitrogens is 1. The predicted octanol–water partition coefficient (Wildman–Crippen LogP) is 3.88. The lowest BCUT2D eigenvalue weighted by molar-refractivity contribution is -0.384. The second-order valence-corrected chi connectivity index (χ2v) is 9.98. The number of esters is 1. The number of allylic oxidation sites excluding steroid dienone is 1. The third-order valence-electron chi connectivity index (χ3n) is 5.77. The van der Waals surface area contributed by atoms with E-state index in [4.69, 9.17) is 14.2 Å². The van der Waals surface area contributed by atoms with Crippen LogP contribution in [-0.2, 0) is 9.53 Å². The van der Waals surface area contributed by atoms with Crippen molar-refractivity contribution in [2.75, 3.05) is 20.3 Å². The summed E-state index contributed by atoms with van der Waals surface area (Å²) in [4.78, 5) is 42.6. The van der Waals surface area contributed by atoms with Crippen LogP contribution in [0.15, 0.2) is 61.9 Å². The van der Waals surface area contributed by atoms with Crippen LogP contribution in [0.3, 0.4) is 0 Å². The third-order valence-corrected chi connectivity index (χ3v) is 7.44. The van der Waals surface area contributed by atoms with E-state index in [-0.39, 0.29) is 17.9 Å². The summed E-state index contributed by atoms with van der Waals surface area (Å²) in [6.45, 7) is 5.81. The van der Waals surface area contributed by atoms with E-state index in [0.29, 0.717) is 48.7 Å². The fourth-order valence-electron chi connectivity index (χ4n) is 4.15. The van der Waals surface area contributed by atoms with E-state index in [1.165, 1.54) is 23.8 Å². The SMILES string of the molecule is CCOC(=O)C1=C(C)N=c2s/c(=C/c3cccc([N+](=O)[O-])c3)c(=O)n2[C@@H]1c1cc(OC)c(OCC)cc1Br. The monoisotopic (exact) mass is 601 g/mol. The lowest BCUT2D eigenvalue weighted by atomic mass is 9.95. The van der Waals surface area contributed by atoms with Gasteiger partial charge in [-0.15, -0.1) is 0 Å². The lowest BCUT2D eigenvalue weighted by Crippen LogP contribution is -2.40. The topological polar surface area (TPSA) is 122 Å². The normalized spacial score (nSPS) is 15.1. The number of halogens is 1. The minimum atomic E-state index is -0.878. The minimum Gasteiger partial charge on any atom is -0.493 e. The zero-order valence-corrected chi connectivity index (χ0v) is 23.4. The summed E-state index contributed by atoms with van der Waals surface area (Å²) in [6, 6.07) is 8.56. The Morgan fingerprint density at radius 2 is 2.00 bits per heavy atom. The van der Waals surface area contributed by atoms with Crippen molar-refractivity contribution >= 4 is 45.0 Å². The highest BCUT2D eigenvalue weighted by atomic mass is 79.9. The summed E-state index contributed by atoms with van der Waals surface area (Å²) < 4.78 is 18.9. The number of hydrogen-bond donors (Lipinski definition) is 0. The smallest absolute Gasteiger partial charge is 0.338 e. The Bertz CT molecular complexity index is 1640. The molecule has 0 N–H and O–H groups in total. The van der Waals surface area contributed by atoms with E-state index in [1.54, 1.807) is 44.2 Å². The van der Waals surface area contributed by atoms with Crippen molar-refractivity contribution in [1.29, 1.82) is 0 Å². The van der Waals surface area contributed by atoms with Crippen molar-refractivity contribution < 1.29 is 23.9 Å². The number of benzene rings is 2. The first-order chi connectivity index (χ1) is 18.2. The van der Waals surface area contributed by atoms with Crippen LogP contribution in [0.4, 0.5) is 5.69 Å². The molecule has 1 atom stereocenters. The van der Waals surface area contributed by atoms with E-state index < -0.39 is 22.5 Å². The zero-order valence-electron chi connectivity index (χ0n) is 21.0. The molecule has 0 aliphatic carbocycles. The Labute approximate surface area is 229 Å². The summed E-state index contributed by atoms with van der Waals surface area (Å²) >= 11 is 4.71. The van der Waals surface area contributed by atoms with Gasteiger partial charge in [-0.25, -0.2) is 9.79 Å². The number of fused-ring (bicyclic) bond motifs is 1. The minimum absolute atomic E-state index is 0.0877. The molecule has 3 aromatic rings. The first kappa shape index (κ1) is 27.3. The number of hydrogen-bond acceptors (Lipinski definition) is 9. The van der Waals surface area contributed by atoms with Gasteiger partial charge in [-0.05, 0) is 50.1 Å². The van der Waals surface area contributed by atoms with Crippen LogP contribution in [-0.4, -0.2) is 35.8 Å². The number of nitro benzene ring substituents is 1. The highest BCUT2D eigenvalue weighted by Gasteiger charge is 2.35. The largest absolute Gasteiger partial charge is 0.493 e. The van der Waals surface area contributed by atoms with Crippen molar-refractivity contribution in [2.45, 2.75) is 26.8 Å². The molecule has 10 nitrogen and oxygen atoms in total. The molecule has 0 radical (unpaired) electrons. The Hall–Kier alpha value is -3.77. The molecule has 12 heteroatoms. The highest BCUT2D eigenvalue weighted by molar-refractivity contribution is 9.10. The van der Waals surface area contributed by atoms with Crippen molar-refractivity contribution in [3.63, 3.8) is 0 Å². The van der Waals surface area contributed by atoms with E-state index in [0.717, 1.165) is 11.3 Å². The van der Waals surface area contributed by atoms with Crippen LogP contribution in [0.5, 0.6) is 11.5 Å². The second-order valence-electron chi connectivity index (χ2n) is 8.11. The van der Waals surface area contributed by atoms with Gasteiger partial charge in [-0.3, -0.25) is 19.5 Å². The molecule has 1 aliphatic rings. The first-order valence-corrected chi connectivity index (χ1v) is 13.2. The van der Waals surface area contributed by atoms with Crippen molar-refractivity contribution in [2.24, 2.45) is 4.99 Å². The highest BCUT2D eigenvalue weighted by Crippen LogP contribution is 2.41. The van der Waals surface area contributed by atoms with Crippen LogP contribution in [0.25, 0.3) is 6.08 Å². The molecule has 0 saturated heterocycles. The zero-order chi connectivity index (χ0) is 27.6. The number of thiazole rings is 1. The molecular formula is C26H24BrN3O7S. The van der Waals surface area contributed by atoms with E-state index in [2.05, 4.69) is 20.9 Å². The van der Waals surface area contributed by atoms with Crippen LogP contribution in [0.2, 0.25) is 0 Å². The maximum atomic E-state index is 13.8. The number of rotatable bonds is 8. The van der Waals surface area contributed by atoms with Gasteiger partial charge in [0.25, 0.3) is 11.2 Å². The standard InChI is InChI=1S/C26H24BrN3O7S/c1-5-36-20-13-18(27)17(12-19(20)35-4)23-22(25(32)37-6-2)14(3)28-26-29(23)24(31)21(38-26)11-15-8-7-9-16(10-15)30(33)34/h7-13,23H,5-6H2,1-4H3/b21-11+/t23-/m1/s1. The third kappa shape index (κ3) is 5.14. The van der Waals surface area contributed by atoms with Crippen LogP contribution in [0, 0.1) is 10.1 Å². The first-order valence-electron chi connectivity index (χ1n) is 11.6. The van der Waals surface area contributed by atoms with Gasteiger partial charge in [0.05, 0.1) is 47.1 Å². The van der Waals surface area contributed by atoms with Crippen molar-refractivity contribution in [3.8, 4) is 11.5 Å². The second kappa shape index (κ2) is 11.3. The van der Waals surface area contributed by atoms with Gasteiger partial charge in [0.2, 0.25) is 0 Å². The number of non-ortho nitro benzene ring substituents is 1. The summed E-state index contributed by atoms with van der Waals surface area (Å²) in [7, 11) is 1.51. The molecule has 4 rings (SSSR count). The molecule has 0 saturated carbocycles. The van der Waals surface area contributed by atoms with Crippen LogP contribution >= 0.6 is 27.3 Å². The molecule has 0 bridgehead atoms. The Kier molecular flexibility index (Phi) is 8.12. The number of ether oxygens (including phenoxy) is 3. The molecule has 2 heterocycles. The summed E-state index contributed by atoms with van der Waals surface area (Å²) in [5, 5.41) is 11.2. The average molecular weight is 602 g/mol. The summed E-state index contributed by atoms with van der Waals surface area (Å²) in [5.74, 6) is 0.343. The fraction of sp³-hybridized carbons (Fsp3) is 0.269. The molecular weight excluding hydrogens is 578 g/mol. The van der Waals surface area contributed by atoms with Gasteiger partial charge in [0.15, 0.2) is 16.3 Å². The van der Waals surface area contributed by atoms with Gasteiger partial charge < -0.3 is 14.2 Å². The number of carbonyl (C=O) groups is 1.